The highest BCUT2D eigenvalue weighted by atomic mass is 19.4. The van der Waals surface area contributed by atoms with Gasteiger partial charge in [-0.25, -0.2) is 0 Å². The third kappa shape index (κ3) is 3.39. The van der Waals surface area contributed by atoms with Crippen LogP contribution in [0.2, 0.25) is 0 Å². The smallest absolute Gasteiger partial charge is 0.166 e. The van der Waals surface area contributed by atoms with Crippen molar-refractivity contribution in [3.63, 3.8) is 0 Å². The zero-order chi connectivity index (χ0) is 16.4. The van der Waals surface area contributed by atoms with Crippen molar-refractivity contribution in [1.29, 1.82) is 0 Å². The molecule has 1 aromatic heterocycles. The molecule has 0 spiro atoms. The fourth-order valence-corrected chi connectivity index (χ4v) is 2.22. The lowest BCUT2D eigenvalue weighted by molar-refractivity contribution is -0.138. The number of benzene rings is 2. The summed E-state index contributed by atoms with van der Waals surface area (Å²) in [5.74, 6) is 0.384. The van der Waals surface area contributed by atoms with Crippen LogP contribution in [0.15, 0.2) is 48.5 Å². The second-order valence-electron chi connectivity index (χ2n) is 5.16. The molecular weight excluding hydrogens is 305 g/mol. The first-order valence-electron chi connectivity index (χ1n) is 6.93. The van der Waals surface area contributed by atoms with Gasteiger partial charge in [0.05, 0.1) is 12.1 Å². The van der Waals surface area contributed by atoms with Gasteiger partial charge < -0.3 is 0 Å². The molecule has 0 atom stereocenters. The maximum atomic E-state index is 13.0. The number of hydrogen-bond donors (Lipinski definition) is 0. The van der Waals surface area contributed by atoms with Gasteiger partial charge in [0, 0.05) is 5.56 Å². The Morgan fingerprint density at radius 3 is 2.39 bits per heavy atom. The summed E-state index contributed by atoms with van der Waals surface area (Å²) in [5, 5.41) is 11.9. The van der Waals surface area contributed by atoms with Crippen LogP contribution < -0.4 is 0 Å². The van der Waals surface area contributed by atoms with Crippen molar-refractivity contribution in [2.45, 2.75) is 19.6 Å². The van der Waals surface area contributed by atoms with Crippen molar-refractivity contribution in [3.05, 3.63) is 65.2 Å². The van der Waals surface area contributed by atoms with E-state index >= 15 is 0 Å². The molecule has 23 heavy (non-hydrogen) atoms. The van der Waals surface area contributed by atoms with Gasteiger partial charge >= 0.3 is 6.18 Å². The van der Waals surface area contributed by atoms with Gasteiger partial charge in [-0.2, -0.15) is 18.0 Å². The standard InChI is InChI=1S/C16H13F3N4/c1-11-6-8-12(9-7-11)15-20-22-23(21-15)10-13-4-2-3-5-14(13)16(17,18)19/h2-9H,10H2,1H3. The topological polar surface area (TPSA) is 43.6 Å². The van der Waals surface area contributed by atoms with Crippen LogP contribution in [0.5, 0.6) is 0 Å². The summed E-state index contributed by atoms with van der Waals surface area (Å²) < 4.78 is 39.0. The van der Waals surface area contributed by atoms with Crippen LogP contribution in [-0.4, -0.2) is 20.2 Å². The Bertz CT molecular complexity index is 807. The lowest BCUT2D eigenvalue weighted by Crippen LogP contribution is -2.13. The van der Waals surface area contributed by atoms with E-state index in [1.807, 2.05) is 31.2 Å². The summed E-state index contributed by atoms with van der Waals surface area (Å²) in [7, 11) is 0. The fourth-order valence-electron chi connectivity index (χ4n) is 2.22. The molecule has 0 saturated carbocycles. The van der Waals surface area contributed by atoms with Crippen molar-refractivity contribution in [2.75, 3.05) is 0 Å². The highest BCUT2D eigenvalue weighted by molar-refractivity contribution is 5.54. The van der Waals surface area contributed by atoms with Crippen LogP contribution in [0.1, 0.15) is 16.7 Å². The minimum absolute atomic E-state index is 0.0887. The molecule has 1 heterocycles. The number of aromatic nitrogens is 4. The number of rotatable bonds is 3. The normalized spacial score (nSPS) is 11.7. The largest absolute Gasteiger partial charge is 0.416 e. The highest BCUT2D eigenvalue weighted by Gasteiger charge is 2.33. The Kier molecular flexibility index (Phi) is 3.85. The van der Waals surface area contributed by atoms with E-state index in [1.165, 1.54) is 16.9 Å². The SMILES string of the molecule is Cc1ccc(-c2nnn(Cc3ccccc3C(F)(F)F)n2)cc1. The van der Waals surface area contributed by atoms with Crippen molar-refractivity contribution in [3.8, 4) is 11.4 Å². The Balaban J connectivity index is 1.87. The maximum absolute atomic E-state index is 13.0. The second kappa shape index (κ2) is 5.83. The summed E-state index contributed by atoms with van der Waals surface area (Å²) >= 11 is 0. The molecule has 0 aliphatic rings. The molecular formula is C16H13F3N4. The summed E-state index contributed by atoms with van der Waals surface area (Å²) in [5.41, 5.74) is 1.29. The second-order valence-corrected chi connectivity index (χ2v) is 5.16. The molecule has 0 aliphatic carbocycles. The van der Waals surface area contributed by atoms with Crippen LogP contribution in [0.4, 0.5) is 13.2 Å². The molecule has 0 bridgehead atoms. The minimum atomic E-state index is -4.41. The highest BCUT2D eigenvalue weighted by Crippen LogP contribution is 2.32. The minimum Gasteiger partial charge on any atom is -0.166 e. The lowest BCUT2D eigenvalue weighted by Gasteiger charge is -2.11. The van der Waals surface area contributed by atoms with Crippen molar-refractivity contribution in [2.24, 2.45) is 0 Å². The number of hydrogen-bond acceptors (Lipinski definition) is 3. The maximum Gasteiger partial charge on any atom is 0.416 e. The van der Waals surface area contributed by atoms with E-state index in [2.05, 4.69) is 15.4 Å². The van der Waals surface area contributed by atoms with E-state index < -0.39 is 11.7 Å². The van der Waals surface area contributed by atoms with Gasteiger partial charge in [0.25, 0.3) is 0 Å². The number of nitrogens with zero attached hydrogens (tertiary/aromatic N) is 4. The van der Waals surface area contributed by atoms with Gasteiger partial charge in [0.15, 0.2) is 0 Å². The molecule has 0 radical (unpaired) electrons. The molecule has 4 nitrogen and oxygen atoms in total. The first kappa shape index (κ1) is 15.2. The summed E-state index contributed by atoms with van der Waals surface area (Å²) in [6.45, 7) is 1.87. The van der Waals surface area contributed by atoms with Crippen molar-refractivity contribution < 1.29 is 13.2 Å². The van der Waals surface area contributed by atoms with Gasteiger partial charge in [-0.05, 0) is 23.8 Å². The average molecular weight is 318 g/mol. The number of halogens is 3. The van der Waals surface area contributed by atoms with Crippen LogP contribution in [0, 0.1) is 6.92 Å². The van der Waals surface area contributed by atoms with Crippen LogP contribution in [0.25, 0.3) is 11.4 Å². The van der Waals surface area contributed by atoms with E-state index in [0.717, 1.165) is 17.2 Å². The van der Waals surface area contributed by atoms with Crippen molar-refractivity contribution >= 4 is 0 Å². The molecule has 0 aliphatic heterocycles. The molecule has 118 valence electrons. The molecule has 0 amide bonds. The molecule has 0 saturated heterocycles. The van der Waals surface area contributed by atoms with E-state index in [4.69, 9.17) is 0 Å². The lowest BCUT2D eigenvalue weighted by atomic mass is 10.1. The zero-order valence-electron chi connectivity index (χ0n) is 12.2. The third-order valence-corrected chi connectivity index (χ3v) is 3.40. The Hall–Kier alpha value is -2.70. The van der Waals surface area contributed by atoms with Gasteiger partial charge in [-0.15, -0.1) is 10.2 Å². The van der Waals surface area contributed by atoms with E-state index in [1.54, 1.807) is 6.07 Å². The van der Waals surface area contributed by atoms with Gasteiger partial charge in [0.1, 0.15) is 0 Å². The first-order chi connectivity index (χ1) is 10.9. The molecule has 0 N–H and O–H groups in total. The van der Waals surface area contributed by atoms with Crippen LogP contribution in [0.3, 0.4) is 0 Å². The van der Waals surface area contributed by atoms with Gasteiger partial charge in [0.2, 0.25) is 5.82 Å². The van der Waals surface area contributed by atoms with Crippen molar-refractivity contribution in [1.82, 2.24) is 20.2 Å². The monoisotopic (exact) mass is 318 g/mol. The molecule has 0 unspecified atom stereocenters. The van der Waals surface area contributed by atoms with E-state index in [9.17, 15) is 13.2 Å². The summed E-state index contributed by atoms with van der Waals surface area (Å²) in [4.78, 5) is 1.17. The molecule has 3 rings (SSSR count). The number of aryl methyl sites for hydroxylation is 1. The molecule has 2 aromatic carbocycles. The van der Waals surface area contributed by atoms with E-state index in [0.29, 0.717) is 5.82 Å². The van der Waals surface area contributed by atoms with Crippen LogP contribution >= 0.6 is 0 Å². The predicted molar refractivity (Wildman–Crippen MR) is 78.5 cm³/mol. The van der Waals surface area contributed by atoms with E-state index in [-0.39, 0.29) is 12.1 Å². The Morgan fingerprint density at radius 1 is 1.00 bits per heavy atom. The molecule has 7 heteroatoms. The first-order valence-corrected chi connectivity index (χ1v) is 6.93. The third-order valence-electron chi connectivity index (χ3n) is 3.40. The van der Waals surface area contributed by atoms with Gasteiger partial charge in [-0.1, -0.05) is 48.0 Å². The Morgan fingerprint density at radius 2 is 1.70 bits per heavy atom. The quantitative estimate of drug-likeness (QED) is 0.739. The van der Waals surface area contributed by atoms with Gasteiger partial charge in [-0.3, -0.25) is 0 Å². The molecule has 3 aromatic rings. The zero-order valence-corrected chi connectivity index (χ0v) is 12.2. The Labute approximate surface area is 130 Å². The summed E-state index contributed by atoms with van der Waals surface area (Å²) in [6.07, 6.45) is -4.41. The van der Waals surface area contributed by atoms with Crippen LogP contribution in [-0.2, 0) is 12.7 Å². The average Bonchev–Trinajstić information content (AvgIpc) is 2.96. The summed E-state index contributed by atoms with van der Waals surface area (Å²) in [6, 6.07) is 12.9. The fraction of sp³-hybridized carbons (Fsp3) is 0.188. The molecule has 0 fully saturated rings. The predicted octanol–water partition coefficient (Wildman–Crippen LogP) is 3.72. The number of alkyl halides is 3. The number of tetrazole rings is 1.